The van der Waals surface area contributed by atoms with Crippen LogP contribution in [0.3, 0.4) is 0 Å². The molecular formula is C16H12ClN3O4S. The molecule has 9 heteroatoms. The summed E-state index contributed by atoms with van der Waals surface area (Å²) in [5.74, 6) is -1.09. The summed E-state index contributed by atoms with van der Waals surface area (Å²) in [6.07, 6.45) is 0. The highest BCUT2D eigenvalue weighted by Gasteiger charge is 2.27. The standard InChI is InChI=1S/C16H12ClN3O4S/c1-10-15(25(23,24)14-8-3-2-7-13(14)17)18-19-20(10)12-6-4-5-11(9-12)16(21)22/h2-9H,1H3,(H,21,22). The van der Waals surface area contributed by atoms with E-state index in [1.54, 1.807) is 24.3 Å². The summed E-state index contributed by atoms with van der Waals surface area (Å²) in [4.78, 5) is 11.0. The van der Waals surface area contributed by atoms with Gasteiger partial charge in [0.15, 0.2) is 0 Å². The maximum Gasteiger partial charge on any atom is 0.335 e. The topological polar surface area (TPSA) is 102 Å². The van der Waals surface area contributed by atoms with Crippen molar-refractivity contribution in [2.75, 3.05) is 0 Å². The highest BCUT2D eigenvalue weighted by atomic mass is 35.5. The van der Waals surface area contributed by atoms with Gasteiger partial charge in [0.1, 0.15) is 0 Å². The van der Waals surface area contributed by atoms with Gasteiger partial charge in [-0.25, -0.2) is 17.9 Å². The highest BCUT2D eigenvalue weighted by molar-refractivity contribution is 7.91. The Morgan fingerprint density at radius 2 is 1.88 bits per heavy atom. The first kappa shape index (κ1) is 17.1. The molecule has 0 aliphatic carbocycles. The molecular weight excluding hydrogens is 366 g/mol. The summed E-state index contributed by atoms with van der Waals surface area (Å²) in [6.45, 7) is 1.54. The predicted molar refractivity (Wildman–Crippen MR) is 90.0 cm³/mol. The van der Waals surface area contributed by atoms with Crippen LogP contribution < -0.4 is 0 Å². The van der Waals surface area contributed by atoms with E-state index in [2.05, 4.69) is 10.3 Å². The van der Waals surface area contributed by atoms with Crippen LogP contribution in [0.4, 0.5) is 0 Å². The predicted octanol–water partition coefficient (Wildman–Crippen LogP) is 2.76. The van der Waals surface area contributed by atoms with Crippen molar-refractivity contribution in [1.29, 1.82) is 0 Å². The molecule has 2 aromatic carbocycles. The van der Waals surface area contributed by atoms with Gasteiger partial charge < -0.3 is 5.11 Å². The number of aromatic carboxylic acids is 1. The maximum absolute atomic E-state index is 12.8. The van der Waals surface area contributed by atoms with Crippen molar-refractivity contribution in [2.45, 2.75) is 16.8 Å². The first-order valence-electron chi connectivity index (χ1n) is 7.08. The number of sulfone groups is 1. The molecule has 25 heavy (non-hydrogen) atoms. The summed E-state index contributed by atoms with van der Waals surface area (Å²) in [7, 11) is -3.96. The third kappa shape index (κ3) is 3.01. The molecule has 0 amide bonds. The van der Waals surface area contributed by atoms with E-state index >= 15 is 0 Å². The molecule has 0 aliphatic heterocycles. The fourth-order valence-electron chi connectivity index (χ4n) is 2.35. The van der Waals surface area contributed by atoms with Crippen molar-refractivity contribution >= 4 is 27.4 Å². The lowest BCUT2D eigenvalue weighted by atomic mass is 10.2. The van der Waals surface area contributed by atoms with Gasteiger partial charge in [-0.3, -0.25) is 0 Å². The van der Waals surface area contributed by atoms with Crippen molar-refractivity contribution in [3.63, 3.8) is 0 Å². The second kappa shape index (κ2) is 6.30. The number of hydrogen-bond acceptors (Lipinski definition) is 5. The minimum atomic E-state index is -3.96. The van der Waals surface area contributed by atoms with Crippen LogP contribution in [-0.4, -0.2) is 34.5 Å². The van der Waals surface area contributed by atoms with Gasteiger partial charge in [0.05, 0.1) is 26.9 Å². The number of hydrogen-bond donors (Lipinski definition) is 1. The van der Waals surface area contributed by atoms with Gasteiger partial charge in [-0.15, -0.1) is 5.10 Å². The molecule has 3 aromatic rings. The summed E-state index contributed by atoms with van der Waals surface area (Å²) in [6, 6.07) is 12.0. The first-order chi connectivity index (χ1) is 11.8. The van der Waals surface area contributed by atoms with Crippen LogP contribution in [0.25, 0.3) is 5.69 Å². The van der Waals surface area contributed by atoms with Crippen molar-refractivity contribution in [3.8, 4) is 5.69 Å². The Morgan fingerprint density at radius 3 is 2.56 bits per heavy atom. The van der Waals surface area contributed by atoms with Crippen LogP contribution in [0.15, 0.2) is 58.5 Å². The fraction of sp³-hybridized carbons (Fsp3) is 0.0625. The first-order valence-corrected chi connectivity index (χ1v) is 8.94. The Morgan fingerprint density at radius 1 is 1.16 bits per heavy atom. The van der Waals surface area contributed by atoms with E-state index < -0.39 is 15.8 Å². The van der Waals surface area contributed by atoms with Gasteiger partial charge >= 0.3 is 5.97 Å². The van der Waals surface area contributed by atoms with Crippen LogP contribution in [-0.2, 0) is 9.84 Å². The Balaban J connectivity index is 2.12. The van der Waals surface area contributed by atoms with Gasteiger partial charge in [-0.2, -0.15) is 0 Å². The summed E-state index contributed by atoms with van der Waals surface area (Å²) < 4.78 is 26.9. The molecule has 0 radical (unpaired) electrons. The molecule has 0 spiro atoms. The number of carboxylic acid groups (broad SMARTS) is 1. The summed E-state index contributed by atoms with van der Waals surface area (Å²) in [5.41, 5.74) is 0.705. The van der Waals surface area contributed by atoms with Crippen molar-refractivity contribution in [1.82, 2.24) is 15.0 Å². The second-order valence-electron chi connectivity index (χ2n) is 5.18. The molecule has 3 rings (SSSR count). The monoisotopic (exact) mass is 377 g/mol. The third-order valence-corrected chi connectivity index (χ3v) is 5.83. The van der Waals surface area contributed by atoms with E-state index in [1.807, 2.05) is 0 Å². The van der Waals surface area contributed by atoms with Crippen LogP contribution >= 0.6 is 11.6 Å². The molecule has 128 valence electrons. The molecule has 0 saturated carbocycles. The lowest BCUT2D eigenvalue weighted by Crippen LogP contribution is -2.07. The van der Waals surface area contributed by atoms with Crippen LogP contribution in [0.1, 0.15) is 16.1 Å². The minimum absolute atomic E-state index is 0.0583. The van der Waals surface area contributed by atoms with E-state index in [4.69, 9.17) is 16.7 Å². The lowest BCUT2D eigenvalue weighted by molar-refractivity contribution is 0.0697. The second-order valence-corrected chi connectivity index (χ2v) is 7.42. The van der Waals surface area contributed by atoms with Crippen molar-refractivity contribution in [3.05, 3.63) is 64.8 Å². The third-order valence-electron chi connectivity index (χ3n) is 3.57. The molecule has 0 atom stereocenters. The summed E-state index contributed by atoms with van der Waals surface area (Å²) >= 11 is 5.99. The SMILES string of the molecule is Cc1c(S(=O)(=O)c2ccccc2Cl)nnn1-c1cccc(C(=O)O)c1. The Hall–Kier alpha value is -2.71. The quantitative estimate of drug-likeness (QED) is 0.750. The minimum Gasteiger partial charge on any atom is -0.478 e. The number of carboxylic acids is 1. The summed E-state index contributed by atoms with van der Waals surface area (Å²) in [5, 5.41) is 16.6. The Labute approximate surface area is 148 Å². The van der Waals surface area contributed by atoms with E-state index in [0.717, 1.165) is 0 Å². The van der Waals surface area contributed by atoms with Crippen LogP contribution in [0.2, 0.25) is 5.02 Å². The van der Waals surface area contributed by atoms with Gasteiger partial charge in [-0.05, 0) is 37.3 Å². The fourth-order valence-corrected chi connectivity index (χ4v) is 4.20. The zero-order valence-corrected chi connectivity index (χ0v) is 14.5. The van der Waals surface area contributed by atoms with Gasteiger partial charge in [0, 0.05) is 0 Å². The molecule has 7 nitrogen and oxygen atoms in total. The number of nitrogens with zero attached hydrogens (tertiary/aromatic N) is 3. The average Bonchev–Trinajstić information content (AvgIpc) is 2.97. The maximum atomic E-state index is 12.8. The number of rotatable bonds is 4. The van der Waals surface area contributed by atoms with Crippen molar-refractivity contribution in [2.24, 2.45) is 0 Å². The van der Waals surface area contributed by atoms with E-state index in [0.29, 0.717) is 5.69 Å². The van der Waals surface area contributed by atoms with Gasteiger partial charge in [-0.1, -0.05) is 35.0 Å². The molecule has 0 unspecified atom stereocenters. The van der Waals surface area contributed by atoms with Crippen LogP contribution in [0.5, 0.6) is 0 Å². The molecule has 1 aromatic heterocycles. The van der Waals surface area contributed by atoms with Gasteiger partial charge in [0.25, 0.3) is 0 Å². The van der Waals surface area contributed by atoms with Gasteiger partial charge in [0.2, 0.25) is 14.9 Å². The largest absolute Gasteiger partial charge is 0.478 e. The Kier molecular flexibility index (Phi) is 4.32. The number of halogens is 1. The molecule has 0 aliphatic rings. The zero-order valence-electron chi connectivity index (χ0n) is 12.9. The number of aromatic nitrogens is 3. The molecule has 1 N–H and O–H groups in total. The van der Waals surface area contributed by atoms with Crippen molar-refractivity contribution < 1.29 is 18.3 Å². The number of carbonyl (C=O) groups is 1. The molecule has 1 heterocycles. The Bertz CT molecular complexity index is 1080. The van der Waals surface area contributed by atoms with E-state index in [1.165, 1.54) is 35.9 Å². The highest BCUT2D eigenvalue weighted by Crippen LogP contribution is 2.28. The van der Waals surface area contributed by atoms with E-state index in [9.17, 15) is 13.2 Å². The normalized spacial score (nSPS) is 11.4. The van der Waals surface area contributed by atoms with E-state index in [-0.39, 0.29) is 26.2 Å². The number of benzene rings is 2. The molecule has 0 bridgehead atoms. The molecule has 0 fully saturated rings. The molecule has 0 saturated heterocycles. The lowest BCUT2D eigenvalue weighted by Gasteiger charge is -2.06. The average molecular weight is 378 g/mol. The van der Waals surface area contributed by atoms with Crippen LogP contribution in [0, 0.1) is 6.92 Å². The smallest absolute Gasteiger partial charge is 0.335 e. The zero-order chi connectivity index (χ0) is 18.2.